The third-order valence-corrected chi connectivity index (χ3v) is 1.68. The molecule has 0 aromatic heterocycles. The van der Waals surface area contributed by atoms with Crippen molar-refractivity contribution in [3.05, 3.63) is 35.9 Å². The van der Waals surface area contributed by atoms with Crippen molar-refractivity contribution in [3.63, 3.8) is 0 Å². The number of carbonyl (C=O) groups is 1. The van der Waals surface area contributed by atoms with Crippen molar-refractivity contribution in [1.29, 1.82) is 0 Å². The molecule has 3 nitrogen and oxygen atoms in total. The number of aliphatic hydroxyl groups excluding tert-OH is 1. The van der Waals surface area contributed by atoms with Crippen LogP contribution in [0, 0.1) is 0 Å². The Morgan fingerprint density at radius 1 is 1.43 bits per heavy atom. The lowest BCUT2D eigenvalue weighted by Gasteiger charge is -2.06. The molecule has 0 aliphatic heterocycles. The van der Waals surface area contributed by atoms with E-state index in [0.717, 1.165) is 5.56 Å². The lowest BCUT2D eigenvalue weighted by Crippen LogP contribution is -2.16. The van der Waals surface area contributed by atoms with Crippen LogP contribution in [0.5, 0.6) is 0 Å². The maximum absolute atomic E-state index is 11.2. The highest BCUT2D eigenvalue weighted by Gasteiger charge is 2.05. The molecule has 76 valence electrons. The third kappa shape index (κ3) is 4.05. The van der Waals surface area contributed by atoms with E-state index in [4.69, 9.17) is 9.84 Å². The van der Waals surface area contributed by atoms with Gasteiger partial charge in [0, 0.05) is 0 Å². The Labute approximate surface area is 83.3 Å². The first-order valence-electron chi connectivity index (χ1n) is 4.56. The van der Waals surface area contributed by atoms with Crippen LogP contribution in [0.1, 0.15) is 12.5 Å². The van der Waals surface area contributed by atoms with Gasteiger partial charge >= 0.3 is 5.97 Å². The first kappa shape index (κ1) is 10.7. The van der Waals surface area contributed by atoms with E-state index >= 15 is 0 Å². The van der Waals surface area contributed by atoms with Gasteiger partial charge in [0.25, 0.3) is 0 Å². The first-order valence-corrected chi connectivity index (χ1v) is 4.56. The van der Waals surface area contributed by atoms with Crippen molar-refractivity contribution in [2.75, 3.05) is 6.61 Å². The van der Waals surface area contributed by atoms with E-state index in [2.05, 4.69) is 0 Å². The van der Waals surface area contributed by atoms with Crippen LogP contribution in [-0.4, -0.2) is 23.8 Å². The molecule has 1 aromatic carbocycles. The maximum Gasteiger partial charge on any atom is 0.310 e. The molecule has 1 unspecified atom stereocenters. The number of hydrogen-bond donors (Lipinski definition) is 1. The molecule has 1 aromatic rings. The van der Waals surface area contributed by atoms with Crippen molar-refractivity contribution >= 4 is 5.97 Å². The van der Waals surface area contributed by atoms with Gasteiger partial charge in [-0.25, -0.2) is 0 Å². The molecule has 1 rings (SSSR count). The molecule has 0 saturated carbocycles. The molecule has 1 N–H and O–H groups in total. The second-order valence-corrected chi connectivity index (χ2v) is 3.19. The fourth-order valence-electron chi connectivity index (χ4n) is 1.03. The van der Waals surface area contributed by atoms with Gasteiger partial charge in [-0.05, 0) is 12.5 Å². The summed E-state index contributed by atoms with van der Waals surface area (Å²) in [5.74, 6) is -0.308. The van der Waals surface area contributed by atoms with Crippen LogP contribution in [0.25, 0.3) is 0 Å². The molecule has 0 fully saturated rings. The van der Waals surface area contributed by atoms with E-state index in [1.54, 1.807) is 6.92 Å². The van der Waals surface area contributed by atoms with E-state index in [1.165, 1.54) is 0 Å². The van der Waals surface area contributed by atoms with Crippen LogP contribution in [-0.2, 0) is 16.0 Å². The maximum atomic E-state index is 11.2. The Balaban J connectivity index is 2.35. The fraction of sp³-hybridized carbons (Fsp3) is 0.364. The first-order chi connectivity index (χ1) is 6.68. The smallest absolute Gasteiger partial charge is 0.310 e. The summed E-state index contributed by atoms with van der Waals surface area (Å²) >= 11 is 0. The summed E-state index contributed by atoms with van der Waals surface area (Å²) in [6.45, 7) is 1.64. The van der Waals surface area contributed by atoms with Crippen LogP contribution in [0.2, 0.25) is 0 Å². The molecule has 0 aliphatic rings. The average Bonchev–Trinajstić information content (AvgIpc) is 2.16. The van der Waals surface area contributed by atoms with Gasteiger partial charge in [0.1, 0.15) is 6.61 Å². The molecule has 0 aliphatic carbocycles. The summed E-state index contributed by atoms with van der Waals surface area (Å²) in [6.07, 6.45) is -0.345. The SMILES string of the molecule is CC(O)COC(=O)Cc1ccccc1. The Morgan fingerprint density at radius 2 is 2.07 bits per heavy atom. The van der Waals surface area contributed by atoms with E-state index in [0.29, 0.717) is 0 Å². The number of aliphatic hydroxyl groups is 1. The molecule has 1 atom stereocenters. The van der Waals surface area contributed by atoms with Crippen molar-refractivity contribution in [3.8, 4) is 0 Å². The van der Waals surface area contributed by atoms with Crippen LogP contribution in [0.4, 0.5) is 0 Å². The summed E-state index contributed by atoms with van der Waals surface area (Å²) in [7, 11) is 0. The van der Waals surface area contributed by atoms with Crippen molar-refractivity contribution < 1.29 is 14.6 Å². The molecule has 0 spiro atoms. The van der Waals surface area contributed by atoms with E-state index < -0.39 is 6.10 Å². The lowest BCUT2D eigenvalue weighted by atomic mass is 10.2. The number of rotatable bonds is 4. The third-order valence-electron chi connectivity index (χ3n) is 1.68. The molecule has 0 bridgehead atoms. The molecular formula is C11H14O3. The predicted molar refractivity (Wildman–Crippen MR) is 52.8 cm³/mol. The summed E-state index contributed by atoms with van der Waals surface area (Å²) in [6, 6.07) is 9.37. The molecule has 0 saturated heterocycles. The van der Waals surface area contributed by atoms with E-state index in [9.17, 15) is 4.79 Å². The zero-order valence-corrected chi connectivity index (χ0v) is 8.14. The minimum absolute atomic E-state index is 0.0612. The second-order valence-electron chi connectivity index (χ2n) is 3.19. The number of carbonyl (C=O) groups excluding carboxylic acids is 1. The molecule has 0 heterocycles. The van der Waals surface area contributed by atoms with E-state index in [1.807, 2.05) is 30.3 Å². The number of benzene rings is 1. The second kappa shape index (κ2) is 5.40. The van der Waals surface area contributed by atoms with Crippen LogP contribution >= 0.6 is 0 Å². The predicted octanol–water partition coefficient (Wildman–Crippen LogP) is 1.15. The van der Waals surface area contributed by atoms with Gasteiger partial charge in [-0.2, -0.15) is 0 Å². The summed E-state index contributed by atoms with van der Waals surface area (Å²) in [5.41, 5.74) is 0.920. The Bertz CT molecular complexity index is 280. The quantitative estimate of drug-likeness (QED) is 0.731. The number of esters is 1. The minimum atomic E-state index is -0.602. The molecule has 14 heavy (non-hydrogen) atoms. The fourth-order valence-corrected chi connectivity index (χ4v) is 1.03. The van der Waals surface area contributed by atoms with Gasteiger partial charge in [-0.15, -0.1) is 0 Å². The van der Waals surface area contributed by atoms with Gasteiger partial charge in [-0.3, -0.25) is 4.79 Å². The summed E-state index contributed by atoms with van der Waals surface area (Å²) in [4.78, 5) is 11.2. The van der Waals surface area contributed by atoms with Crippen LogP contribution in [0.15, 0.2) is 30.3 Å². The topological polar surface area (TPSA) is 46.5 Å². The number of ether oxygens (including phenoxy) is 1. The van der Waals surface area contributed by atoms with Gasteiger partial charge in [0.2, 0.25) is 0 Å². The van der Waals surface area contributed by atoms with Crippen molar-refractivity contribution in [1.82, 2.24) is 0 Å². The highest BCUT2D eigenvalue weighted by molar-refractivity contribution is 5.72. The monoisotopic (exact) mass is 194 g/mol. The Morgan fingerprint density at radius 3 is 2.64 bits per heavy atom. The summed E-state index contributed by atoms with van der Waals surface area (Å²) in [5, 5.41) is 8.89. The van der Waals surface area contributed by atoms with Crippen LogP contribution < -0.4 is 0 Å². The van der Waals surface area contributed by atoms with Gasteiger partial charge in [0.15, 0.2) is 0 Å². The van der Waals surface area contributed by atoms with Gasteiger partial charge in [-0.1, -0.05) is 30.3 Å². The highest BCUT2D eigenvalue weighted by atomic mass is 16.5. The Kier molecular flexibility index (Phi) is 4.13. The normalized spacial score (nSPS) is 12.1. The zero-order chi connectivity index (χ0) is 10.4. The Hall–Kier alpha value is -1.35. The zero-order valence-electron chi connectivity index (χ0n) is 8.14. The molecule has 0 amide bonds. The lowest BCUT2D eigenvalue weighted by molar-refractivity contribution is -0.145. The highest BCUT2D eigenvalue weighted by Crippen LogP contribution is 2.00. The molecule has 0 radical (unpaired) electrons. The molecular weight excluding hydrogens is 180 g/mol. The van der Waals surface area contributed by atoms with E-state index in [-0.39, 0.29) is 19.0 Å². The van der Waals surface area contributed by atoms with Gasteiger partial charge in [0.05, 0.1) is 12.5 Å². The van der Waals surface area contributed by atoms with Crippen molar-refractivity contribution in [2.24, 2.45) is 0 Å². The minimum Gasteiger partial charge on any atom is -0.463 e. The van der Waals surface area contributed by atoms with Crippen LogP contribution in [0.3, 0.4) is 0 Å². The number of hydrogen-bond acceptors (Lipinski definition) is 3. The average molecular weight is 194 g/mol. The van der Waals surface area contributed by atoms with Crippen molar-refractivity contribution in [2.45, 2.75) is 19.4 Å². The van der Waals surface area contributed by atoms with Gasteiger partial charge < -0.3 is 9.84 Å². The largest absolute Gasteiger partial charge is 0.463 e. The summed E-state index contributed by atoms with van der Waals surface area (Å²) < 4.78 is 4.82. The standard InChI is InChI=1S/C11H14O3/c1-9(12)8-14-11(13)7-10-5-3-2-4-6-10/h2-6,9,12H,7-8H2,1H3. The molecule has 3 heteroatoms.